The van der Waals surface area contributed by atoms with Crippen LogP contribution < -0.4 is 10.9 Å². The van der Waals surface area contributed by atoms with E-state index in [9.17, 15) is 18.4 Å². The molecular weight excluding hydrogens is 266 g/mol. The van der Waals surface area contributed by atoms with Crippen molar-refractivity contribution in [3.8, 4) is 0 Å². The van der Waals surface area contributed by atoms with E-state index in [0.717, 1.165) is 51.0 Å². The smallest absolute Gasteiger partial charge is 0.266 e. The number of hydrazine groups is 1. The summed E-state index contributed by atoms with van der Waals surface area (Å²) >= 11 is 0. The van der Waals surface area contributed by atoms with Gasteiger partial charge in [0.2, 0.25) is 11.8 Å². The van der Waals surface area contributed by atoms with E-state index in [2.05, 4.69) is 10.9 Å². The van der Waals surface area contributed by atoms with Crippen molar-refractivity contribution in [3.63, 3.8) is 0 Å². The number of amides is 2. The van der Waals surface area contributed by atoms with Crippen LogP contribution >= 0.6 is 0 Å². The first kappa shape index (κ1) is 18.5. The van der Waals surface area contributed by atoms with Crippen LogP contribution in [0.5, 0.6) is 0 Å². The summed E-state index contributed by atoms with van der Waals surface area (Å²) in [7, 11) is 0. The van der Waals surface area contributed by atoms with Crippen molar-refractivity contribution in [1.29, 1.82) is 0 Å². The number of allylic oxidation sites excluding steroid dienone is 1. The van der Waals surface area contributed by atoms with Crippen LogP contribution in [0.25, 0.3) is 0 Å². The standard InChI is InChI=1S/C14H24F2N2O2/c1-12(19)17-18-14(20)11-9-7-5-3-2-4-6-8-10-13(15)16/h10H,2-9,11H2,1H3,(H,17,19)(H,18,20). The highest BCUT2D eigenvalue weighted by Gasteiger charge is 2.00. The quantitative estimate of drug-likeness (QED) is 0.478. The summed E-state index contributed by atoms with van der Waals surface area (Å²) in [4.78, 5) is 21.8. The van der Waals surface area contributed by atoms with Crippen molar-refractivity contribution >= 4 is 11.8 Å². The molecule has 0 aliphatic heterocycles. The minimum atomic E-state index is -1.59. The molecule has 0 rings (SSSR count). The number of hydrogen-bond donors (Lipinski definition) is 2. The topological polar surface area (TPSA) is 58.2 Å². The summed E-state index contributed by atoms with van der Waals surface area (Å²) in [5.74, 6) is -0.471. The van der Waals surface area contributed by atoms with Crippen molar-refractivity contribution in [3.05, 3.63) is 12.2 Å². The molecule has 116 valence electrons. The van der Waals surface area contributed by atoms with E-state index in [4.69, 9.17) is 0 Å². The van der Waals surface area contributed by atoms with Gasteiger partial charge in [-0.3, -0.25) is 20.4 Å². The van der Waals surface area contributed by atoms with Gasteiger partial charge in [-0.05, 0) is 25.3 Å². The van der Waals surface area contributed by atoms with Gasteiger partial charge in [0.15, 0.2) is 0 Å². The maximum absolute atomic E-state index is 11.7. The molecule has 0 radical (unpaired) electrons. The Morgan fingerprint density at radius 2 is 1.45 bits per heavy atom. The third kappa shape index (κ3) is 14.6. The van der Waals surface area contributed by atoms with E-state index < -0.39 is 6.08 Å². The van der Waals surface area contributed by atoms with E-state index >= 15 is 0 Å². The lowest BCUT2D eigenvalue weighted by Crippen LogP contribution is -2.40. The van der Waals surface area contributed by atoms with Crippen molar-refractivity contribution < 1.29 is 18.4 Å². The monoisotopic (exact) mass is 290 g/mol. The first-order chi connectivity index (χ1) is 9.52. The Labute approximate surface area is 119 Å². The molecule has 0 saturated carbocycles. The zero-order valence-electron chi connectivity index (χ0n) is 12.0. The number of nitrogens with one attached hydrogen (secondary N) is 2. The highest BCUT2D eigenvalue weighted by atomic mass is 19.3. The molecule has 0 heterocycles. The molecule has 4 nitrogen and oxygen atoms in total. The molecule has 0 atom stereocenters. The van der Waals surface area contributed by atoms with Crippen LogP contribution in [-0.4, -0.2) is 11.8 Å². The first-order valence-corrected chi connectivity index (χ1v) is 7.09. The number of carbonyl (C=O) groups is 2. The molecule has 0 saturated heterocycles. The van der Waals surface area contributed by atoms with E-state index in [1.807, 2.05) is 0 Å². The van der Waals surface area contributed by atoms with Gasteiger partial charge in [0.05, 0.1) is 0 Å². The molecular formula is C14H24F2N2O2. The molecule has 2 amide bonds. The fourth-order valence-corrected chi connectivity index (χ4v) is 1.75. The SMILES string of the molecule is CC(=O)NNC(=O)CCCCCCCCCC=C(F)F. The van der Waals surface area contributed by atoms with Crippen molar-refractivity contribution in [2.24, 2.45) is 0 Å². The van der Waals surface area contributed by atoms with Crippen LogP contribution in [-0.2, 0) is 9.59 Å². The number of unbranched alkanes of at least 4 members (excludes halogenated alkanes) is 7. The molecule has 2 N–H and O–H groups in total. The fraction of sp³-hybridized carbons (Fsp3) is 0.714. The van der Waals surface area contributed by atoms with Gasteiger partial charge in [0.25, 0.3) is 6.08 Å². The van der Waals surface area contributed by atoms with Crippen molar-refractivity contribution in [1.82, 2.24) is 10.9 Å². The van der Waals surface area contributed by atoms with Crippen molar-refractivity contribution in [2.45, 2.75) is 64.7 Å². The largest absolute Gasteiger partial charge is 0.274 e. The predicted octanol–water partition coefficient (Wildman–Crippen LogP) is 3.45. The first-order valence-electron chi connectivity index (χ1n) is 7.09. The third-order valence-corrected chi connectivity index (χ3v) is 2.78. The molecule has 0 unspecified atom stereocenters. The van der Waals surface area contributed by atoms with Gasteiger partial charge in [-0.15, -0.1) is 0 Å². The second-order valence-corrected chi connectivity index (χ2v) is 4.74. The molecule has 0 aromatic heterocycles. The number of carbonyl (C=O) groups excluding carboxylic acids is 2. The van der Waals surface area contributed by atoms with Crippen LogP contribution in [0.4, 0.5) is 8.78 Å². The number of halogens is 2. The molecule has 6 heteroatoms. The minimum absolute atomic E-state index is 0.180. The number of rotatable bonds is 10. The Morgan fingerprint density at radius 1 is 0.900 bits per heavy atom. The van der Waals surface area contributed by atoms with Gasteiger partial charge in [0, 0.05) is 13.3 Å². The second kappa shape index (κ2) is 12.6. The fourth-order valence-electron chi connectivity index (χ4n) is 1.75. The summed E-state index contributed by atoms with van der Waals surface area (Å²) in [5.41, 5.74) is 4.55. The number of hydrogen-bond acceptors (Lipinski definition) is 2. The lowest BCUT2D eigenvalue weighted by molar-refractivity contribution is -0.127. The minimum Gasteiger partial charge on any atom is -0.274 e. The van der Waals surface area contributed by atoms with Gasteiger partial charge >= 0.3 is 0 Å². The van der Waals surface area contributed by atoms with Gasteiger partial charge in [-0.1, -0.05) is 32.1 Å². The molecule has 20 heavy (non-hydrogen) atoms. The van der Waals surface area contributed by atoms with Crippen LogP contribution in [0.15, 0.2) is 12.2 Å². The normalized spacial score (nSPS) is 9.95. The molecule has 0 spiro atoms. The molecule has 0 aliphatic carbocycles. The molecule has 0 fully saturated rings. The van der Waals surface area contributed by atoms with Crippen LogP contribution in [0, 0.1) is 0 Å². The average molecular weight is 290 g/mol. The van der Waals surface area contributed by atoms with E-state index in [1.54, 1.807) is 0 Å². The Morgan fingerprint density at radius 3 is 2.00 bits per heavy atom. The summed E-state index contributed by atoms with van der Waals surface area (Å²) in [5, 5.41) is 0. The van der Waals surface area contributed by atoms with Gasteiger partial charge in [0.1, 0.15) is 0 Å². The van der Waals surface area contributed by atoms with Gasteiger partial charge in [-0.25, -0.2) is 0 Å². The zero-order valence-corrected chi connectivity index (χ0v) is 12.0. The third-order valence-electron chi connectivity index (χ3n) is 2.78. The predicted molar refractivity (Wildman–Crippen MR) is 73.8 cm³/mol. The molecule has 0 aromatic rings. The van der Waals surface area contributed by atoms with Gasteiger partial charge < -0.3 is 0 Å². The maximum atomic E-state index is 11.7. The van der Waals surface area contributed by atoms with Crippen LogP contribution in [0.1, 0.15) is 64.7 Å². The lowest BCUT2D eigenvalue weighted by atomic mass is 10.1. The summed E-state index contributed by atoms with van der Waals surface area (Å²) < 4.78 is 23.4. The van der Waals surface area contributed by atoms with E-state index in [0.29, 0.717) is 12.8 Å². The lowest BCUT2D eigenvalue weighted by Gasteiger charge is -2.04. The second-order valence-electron chi connectivity index (χ2n) is 4.74. The van der Waals surface area contributed by atoms with Crippen LogP contribution in [0.2, 0.25) is 0 Å². The zero-order chi connectivity index (χ0) is 15.2. The highest BCUT2D eigenvalue weighted by molar-refractivity contribution is 5.80. The van der Waals surface area contributed by atoms with Gasteiger partial charge in [-0.2, -0.15) is 8.78 Å². The Balaban J connectivity index is 3.22. The summed E-state index contributed by atoms with van der Waals surface area (Å²) in [6, 6.07) is 0. The van der Waals surface area contributed by atoms with E-state index in [1.165, 1.54) is 6.92 Å². The summed E-state index contributed by atoms with van der Waals surface area (Å²) in [6.45, 7) is 1.33. The average Bonchev–Trinajstić information content (AvgIpc) is 2.38. The Hall–Kier alpha value is -1.46. The van der Waals surface area contributed by atoms with Crippen LogP contribution in [0.3, 0.4) is 0 Å². The summed E-state index contributed by atoms with van der Waals surface area (Å²) in [6.07, 6.45) is 6.90. The highest BCUT2D eigenvalue weighted by Crippen LogP contribution is 2.11. The van der Waals surface area contributed by atoms with Crippen molar-refractivity contribution in [2.75, 3.05) is 0 Å². The molecule has 0 aliphatic rings. The Kier molecular flexibility index (Phi) is 11.7. The maximum Gasteiger partial charge on any atom is 0.266 e. The molecule has 0 aromatic carbocycles. The Bertz CT molecular complexity index is 316. The molecule has 0 bridgehead atoms. The van der Waals surface area contributed by atoms with E-state index in [-0.39, 0.29) is 11.8 Å².